The van der Waals surface area contributed by atoms with Gasteiger partial charge in [0.25, 0.3) is 0 Å². The molecule has 0 bridgehead atoms. The lowest BCUT2D eigenvalue weighted by molar-refractivity contribution is 0.199. The minimum Gasteiger partial charge on any atom is -0.384 e. The number of nitrogens with zero attached hydrogens (tertiary/aromatic N) is 4. The summed E-state index contributed by atoms with van der Waals surface area (Å²) in [5.74, 6) is 0.591. The first-order valence-electron chi connectivity index (χ1n) is 8.70. The molecule has 1 aliphatic heterocycles. The summed E-state index contributed by atoms with van der Waals surface area (Å²) in [5.41, 5.74) is 1.12. The molecule has 0 unspecified atom stereocenters. The molecule has 0 atom stereocenters. The van der Waals surface area contributed by atoms with Gasteiger partial charge in [-0.15, -0.1) is 0 Å². The Kier molecular flexibility index (Phi) is 5.90. The van der Waals surface area contributed by atoms with E-state index >= 15 is 0 Å². The average Bonchev–Trinajstić information content (AvgIpc) is 3.15. The maximum Gasteiger partial charge on any atom is 0.324 e. The lowest BCUT2D eigenvalue weighted by atomic mass is 10.2. The fourth-order valence-electron chi connectivity index (χ4n) is 2.83. The predicted molar refractivity (Wildman–Crippen MR) is 96.7 cm³/mol. The minimum atomic E-state index is -3.48. The molecule has 0 aliphatic carbocycles. The third kappa shape index (κ3) is 4.05. The standard InChI is InChI=1S/C17H24N4O4S/c1-3-14-4-6-15(7-5-14)26(22,23)21-11-9-20(10-12-21)17-18-16(19-25-17)8-13-24-2/h4-7H,3,8-13H2,1-2H3. The van der Waals surface area contributed by atoms with E-state index in [2.05, 4.69) is 10.1 Å². The molecule has 26 heavy (non-hydrogen) atoms. The van der Waals surface area contributed by atoms with E-state index in [0.29, 0.717) is 55.9 Å². The van der Waals surface area contributed by atoms with Crippen molar-refractivity contribution in [1.29, 1.82) is 0 Å². The van der Waals surface area contributed by atoms with E-state index in [-0.39, 0.29) is 0 Å². The fraction of sp³-hybridized carbons (Fsp3) is 0.529. The highest BCUT2D eigenvalue weighted by atomic mass is 32.2. The first kappa shape index (κ1) is 18.8. The number of aromatic nitrogens is 2. The van der Waals surface area contributed by atoms with Crippen LogP contribution in [0.15, 0.2) is 33.7 Å². The minimum absolute atomic E-state index is 0.336. The van der Waals surface area contributed by atoms with Crippen LogP contribution in [0.5, 0.6) is 0 Å². The largest absolute Gasteiger partial charge is 0.384 e. The van der Waals surface area contributed by atoms with Crippen LogP contribution < -0.4 is 4.90 Å². The monoisotopic (exact) mass is 380 g/mol. The Morgan fingerprint density at radius 1 is 1.15 bits per heavy atom. The molecule has 8 nitrogen and oxygen atoms in total. The van der Waals surface area contributed by atoms with Crippen LogP contribution >= 0.6 is 0 Å². The summed E-state index contributed by atoms with van der Waals surface area (Å²) in [5, 5.41) is 3.92. The van der Waals surface area contributed by atoms with Gasteiger partial charge >= 0.3 is 6.01 Å². The van der Waals surface area contributed by atoms with Crippen LogP contribution in [0.1, 0.15) is 18.3 Å². The van der Waals surface area contributed by atoms with E-state index in [0.717, 1.165) is 12.0 Å². The molecule has 1 fully saturated rings. The van der Waals surface area contributed by atoms with Crippen molar-refractivity contribution < 1.29 is 17.7 Å². The van der Waals surface area contributed by atoms with Gasteiger partial charge in [-0.25, -0.2) is 8.42 Å². The molecule has 9 heteroatoms. The van der Waals surface area contributed by atoms with Crippen molar-refractivity contribution in [2.45, 2.75) is 24.7 Å². The van der Waals surface area contributed by atoms with Crippen molar-refractivity contribution in [3.05, 3.63) is 35.7 Å². The number of aryl methyl sites for hydroxylation is 1. The molecule has 0 saturated carbocycles. The highest BCUT2D eigenvalue weighted by Gasteiger charge is 2.30. The van der Waals surface area contributed by atoms with E-state index in [4.69, 9.17) is 9.26 Å². The molecule has 1 saturated heterocycles. The first-order valence-corrected chi connectivity index (χ1v) is 10.1. The van der Waals surface area contributed by atoms with Crippen molar-refractivity contribution in [2.75, 3.05) is 44.8 Å². The van der Waals surface area contributed by atoms with Crippen LogP contribution in [-0.4, -0.2) is 62.8 Å². The molecule has 0 N–H and O–H groups in total. The zero-order valence-corrected chi connectivity index (χ0v) is 15.9. The third-order valence-corrected chi connectivity index (χ3v) is 6.38. The highest BCUT2D eigenvalue weighted by molar-refractivity contribution is 7.89. The molecule has 1 aromatic heterocycles. The van der Waals surface area contributed by atoms with E-state index in [1.54, 1.807) is 19.2 Å². The summed E-state index contributed by atoms with van der Waals surface area (Å²) < 4.78 is 37.4. The molecule has 1 aliphatic rings. The van der Waals surface area contributed by atoms with Gasteiger partial charge in [-0.1, -0.05) is 24.2 Å². The van der Waals surface area contributed by atoms with E-state index in [1.165, 1.54) is 4.31 Å². The average molecular weight is 380 g/mol. The van der Waals surface area contributed by atoms with Crippen molar-refractivity contribution in [2.24, 2.45) is 0 Å². The second-order valence-corrected chi connectivity index (χ2v) is 8.06. The number of ether oxygens (including phenoxy) is 1. The number of sulfonamides is 1. The maximum atomic E-state index is 12.8. The van der Waals surface area contributed by atoms with Gasteiger partial charge in [0, 0.05) is 39.7 Å². The third-order valence-electron chi connectivity index (χ3n) is 4.47. The number of benzene rings is 1. The maximum absolute atomic E-state index is 12.8. The van der Waals surface area contributed by atoms with Crippen molar-refractivity contribution in [3.8, 4) is 0 Å². The number of anilines is 1. The Hall–Kier alpha value is -1.97. The van der Waals surface area contributed by atoms with E-state index < -0.39 is 10.0 Å². The van der Waals surface area contributed by atoms with E-state index in [9.17, 15) is 8.42 Å². The van der Waals surface area contributed by atoms with Gasteiger partial charge in [0.15, 0.2) is 5.82 Å². The van der Waals surface area contributed by atoms with Gasteiger partial charge in [0.2, 0.25) is 10.0 Å². The predicted octanol–water partition coefficient (Wildman–Crippen LogP) is 1.33. The van der Waals surface area contributed by atoms with Crippen LogP contribution in [0.2, 0.25) is 0 Å². The Morgan fingerprint density at radius 2 is 1.85 bits per heavy atom. The van der Waals surface area contributed by atoms with Crippen LogP contribution in [-0.2, 0) is 27.6 Å². The Balaban J connectivity index is 1.62. The smallest absolute Gasteiger partial charge is 0.324 e. The lowest BCUT2D eigenvalue weighted by Crippen LogP contribution is -2.48. The summed E-state index contributed by atoms with van der Waals surface area (Å²) in [6, 6.07) is 7.52. The fourth-order valence-corrected chi connectivity index (χ4v) is 4.26. The number of hydrogen-bond donors (Lipinski definition) is 0. The first-order chi connectivity index (χ1) is 12.5. The molecule has 0 spiro atoms. The summed E-state index contributed by atoms with van der Waals surface area (Å²) in [7, 11) is -1.85. The number of methoxy groups -OCH3 is 1. The Labute approximate surface area is 153 Å². The normalized spacial score (nSPS) is 16.2. The van der Waals surface area contributed by atoms with E-state index in [1.807, 2.05) is 24.0 Å². The molecule has 142 valence electrons. The lowest BCUT2D eigenvalue weighted by Gasteiger charge is -2.32. The van der Waals surface area contributed by atoms with Crippen molar-refractivity contribution >= 4 is 16.0 Å². The highest BCUT2D eigenvalue weighted by Crippen LogP contribution is 2.20. The Morgan fingerprint density at radius 3 is 2.46 bits per heavy atom. The topological polar surface area (TPSA) is 88.8 Å². The van der Waals surface area contributed by atoms with Crippen molar-refractivity contribution in [1.82, 2.24) is 14.4 Å². The van der Waals surface area contributed by atoms with Gasteiger partial charge in [-0.2, -0.15) is 9.29 Å². The summed E-state index contributed by atoms with van der Waals surface area (Å²) in [6.07, 6.45) is 1.47. The molecule has 1 aromatic carbocycles. The van der Waals surface area contributed by atoms with Gasteiger partial charge in [-0.05, 0) is 24.1 Å². The number of hydrogen-bond acceptors (Lipinski definition) is 7. The molecular weight excluding hydrogens is 356 g/mol. The number of rotatable bonds is 7. The summed E-state index contributed by atoms with van der Waals surface area (Å²) in [6.45, 7) is 4.36. The summed E-state index contributed by atoms with van der Waals surface area (Å²) >= 11 is 0. The zero-order valence-electron chi connectivity index (χ0n) is 15.1. The molecule has 2 aromatic rings. The second-order valence-electron chi connectivity index (χ2n) is 6.12. The van der Waals surface area contributed by atoms with Crippen LogP contribution in [0.25, 0.3) is 0 Å². The van der Waals surface area contributed by atoms with Gasteiger partial charge in [0.1, 0.15) is 0 Å². The molecule has 2 heterocycles. The van der Waals surface area contributed by atoms with Crippen LogP contribution in [0, 0.1) is 0 Å². The molecule has 0 amide bonds. The van der Waals surface area contributed by atoms with Gasteiger partial charge in [-0.3, -0.25) is 0 Å². The van der Waals surface area contributed by atoms with Crippen LogP contribution in [0.3, 0.4) is 0 Å². The molecular formula is C17H24N4O4S. The van der Waals surface area contributed by atoms with Crippen LogP contribution in [0.4, 0.5) is 6.01 Å². The Bertz CT molecular complexity index is 812. The molecule has 0 radical (unpaired) electrons. The van der Waals surface area contributed by atoms with Gasteiger partial charge in [0.05, 0.1) is 11.5 Å². The SMILES string of the molecule is CCc1ccc(S(=O)(=O)N2CCN(c3nc(CCOC)no3)CC2)cc1. The summed E-state index contributed by atoms with van der Waals surface area (Å²) in [4.78, 5) is 6.58. The molecule has 3 rings (SSSR count). The van der Waals surface area contributed by atoms with Crippen molar-refractivity contribution in [3.63, 3.8) is 0 Å². The zero-order chi connectivity index (χ0) is 18.6. The quantitative estimate of drug-likeness (QED) is 0.716. The van der Waals surface area contributed by atoms with Gasteiger partial charge < -0.3 is 14.2 Å². The second kappa shape index (κ2) is 8.15. The number of piperazine rings is 1.